The molecule has 1 atom stereocenters. The molecule has 0 amide bonds. The minimum absolute atomic E-state index is 0.281. The summed E-state index contributed by atoms with van der Waals surface area (Å²) < 4.78 is 43.0. The maximum absolute atomic E-state index is 10.8. The Bertz CT molecular complexity index is 1870. The van der Waals surface area contributed by atoms with Gasteiger partial charge in [0.1, 0.15) is 66.2 Å². The Kier molecular flexibility index (Phi) is 16.5. The van der Waals surface area contributed by atoms with E-state index >= 15 is 0 Å². The molecule has 5 aromatic rings. The largest absolute Gasteiger partial charge is 0.493 e. The SMILES string of the molecule is CCCOc1cc(COc2cc(COc3ccc(-c4cccc([C@@H](O)C(C)(C)C)n4)cc3)cc(OCc3cc(OCCC)cc(OCCC)c3)c2)cc(OCCC)c1. The van der Waals surface area contributed by atoms with E-state index in [2.05, 4.69) is 27.7 Å². The van der Waals surface area contributed by atoms with Gasteiger partial charge in [0.05, 0.1) is 37.8 Å². The van der Waals surface area contributed by atoms with Crippen LogP contribution >= 0.6 is 0 Å². The normalized spacial score (nSPS) is 11.8. The molecule has 0 bridgehead atoms. The lowest BCUT2D eigenvalue weighted by Crippen LogP contribution is -2.19. The molecule has 0 aliphatic heterocycles. The van der Waals surface area contributed by atoms with E-state index in [0.717, 1.165) is 76.6 Å². The standard InChI is InChI=1S/C49H61NO8/c1-8-19-52-40-23-35(24-41(29-40)53-20-9-2)33-57-44-27-37(28-45(31-44)58-34-36-25-42(54-21-10-3)30-43(26-36)55-22-11-4)32-56-39-17-15-38(16-18-39)46-13-12-14-47(50-46)48(51)49(5,6)7/h12-18,23-31,48,51H,8-11,19-22,32-34H2,1-7H3/t48-/m1/s1. The van der Waals surface area contributed by atoms with Crippen molar-refractivity contribution in [2.75, 3.05) is 26.4 Å². The van der Waals surface area contributed by atoms with Crippen LogP contribution in [0.25, 0.3) is 11.3 Å². The summed E-state index contributed by atoms with van der Waals surface area (Å²) in [4.78, 5) is 4.76. The quantitative estimate of drug-likeness (QED) is 0.0693. The Morgan fingerprint density at radius 3 is 1.19 bits per heavy atom. The van der Waals surface area contributed by atoms with Crippen LogP contribution in [-0.4, -0.2) is 36.5 Å². The van der Waals surface area contributed by atoms with E-state index in [9.17, 15) is 5.11 Å². The molecule has 4 aromatic carbocycles. The third-order valence-corrected chi connectivity index (χ3v) is 8.95. The lowest BCUT2D eigenvalue weighted by Gasteiger charge is -2.25. The number of ether oxygens (including phenoxy) is 7. The number of hydrogen-bond acceptors (Lipinski definition) is 9. The first kappa shape index (κ1) is 43.7. The van der Waals surface area contributed by atoms with Crippen molar-refractivity contribution in [1.29, 1.82) is 0 Å². The number of hydrogen-bond donors (Lipinski definition) is 1. The lowest BCUT2D eigenvalue weighted by atomic mass is 9.87. The van der Waals surface area contributed by atoms with E-state index in [0.29, 0.717) is 62.6 Å². The average molecular weight is 792 g/mol. The predicted octanol–water partition coefficient (Wildman–Crippen LogP) is 11.7. The minimum atomic E-state index is -0.673. The van der Waals surface area contributed by atoms with Crippen LogP contribution in [0, 0.1) is 5.41 Å². The maximum atomic E-state index is 10.8. The van der Waals surface area contributed by atoms with Gasteiger partial charge in [-0.2, -0.15) is 0 Å². The highest BCUT2D eigenvalue weighted by Crippen LogP contribution is 2.33. The average Bonchev–Trinajstić information content (AvgIpc) is 3.23. The van der Waals surface area contributed by atoms with E-state index in [4.69, 9.17) is 38.1 Å². The van der Waals surface area contributed by atoms with E-state index < -0.39 is 6.10 Å². The lowest BCUT2D eigenvalue weighted by molar-refractivity contribution is 0.0590. The summed E-state index contributed by atoms with van der Waals surface area (Å²) in [6.07, 6.45) is 2.96. The van der Waals surface area contributed by atoms with E-state index in [1.165, 1.54) is 0 Å². The summed E-state index contributed by atoms with van der Waals surface area (Å²) in [5.41, 5.74) is 4.79. The molecule has 5 rings (SSSR count). The predicted molar refractivity (Wildman–Crippen MR) is 230 cm³/mol. The van der Waals surface area contributed by atoms with Crippen molar-refractivity contribution in [1.82, 2.24) is 4.98 Å². The number of rotatable bonds is 23. The van der Waals surface area contributed by atoms with Crippen molar-refractivity contribution in [3.05, 3.63) is 119 Å². The molecule has 1 N–H and O–H groups in total. The van der Waals surface area contributed by atoms with Gasteiger partial charge in [0.2, 0.25) is 0 Å². The topological polar surface area (TPSA) is 97.7 Å². The van der Waals surface area contributed by atoms with Gasteiger partial charge in [0.25, 0.3) is 0 Å². The van der Waals surface area contributed by atoms with Crippen LogP contribution in [0.1, 0.15) is 103 Å². The molecule has 9 nitrogen and oxygen atoms in total. The number of nitrogens with zero attached hydrogens (tertiary/aromatic N) is 1. The van der Waals surface area contributed by atoms with Crippen molar-refractivity contribution in [3.63, 3.8) is 0 Å². The smallest absolute Gasteiger partial charge is 0.123 e. The molecule has 0 aliphatic carbocycles. The van der Waals surface area contributed by atoms with Crippen molar-refractivity contribution < 1.29 is 38.3 Å². The summed E-state index contributed by atoms with van der Waals surface area (Å²) >= 11 is 0. The number of aliphatic hydroxyl groups is 1. The van der Waals surface area contributed by atoms with Gasteiger partial charge < -0.3 is 38.3 Å². The fourth-order valence-electron chi connectivity index (χ4n) is 5.95. The highest BCUT2D eigenvalue weighted by molar-refractivity contribution is 5.60. The molecule has 0 spiro atoms. The zero-order chi connectivity index (χ0) is 41.3. The second-order valence-corrected chi connectivity index (χ2v) is 15.4. The maximum Gasteiger partial charge on any atom is 0.123 e. The number of pyridine rings is 1. The van der Waals surface area contributed by atoms with Crippen LogP contribution in [0.3, 0.4) is 0 Å². The molecular weight excluding hydrogens is 731 g/mol. The molecule has 0 saturated heterocycles. The van der Waals surface area contributed by atoms with Gasteiger partial charge >= 0.3 is 0 Å². The van der Waals surface area contributed by atoms with Crippen molar-refractivity contribution >= 4 is 0 Å². The number of aromatic nitrogens is 1. The van der Waals surface area contributed by atoms with Gasteiger partial charge in [0.15, 0.2) is 0 Å². The zero-order valence-corrected chi connectivity index (χ0v) is 35.3. The Labute approximate surface area is 345 Å². The van der Waals surface area contributed by atoms with Gasteiger partial charge in [-0.05, 0) is 121 Å². The van der Waals surface area contributed by atoms with Gasteiger partial charge in [0, 0.05) is 23.8 Å². The fraction of sp³-hybridized carbons (Fsp3) is 0.408. The molecule has 310 valence electrons. The molecular formula is C49H61NO8. The van der Waals surface area contributed by atoms with Gasteiger partial charge in [-0.15, -0.1) is 0 Å². The van der Waals surface area contributed by atoms with E-state index in [-0.39, 0.29) is 12.0 Å². The zero-order valence-electron chi connectivity index (χ0n) is 35.3. The van der Waals surface area contributed by atoms with Crippen LogP contribution < -0.4 is 33.2 Å². The molecule has 0 saturated carbocycles. The summed E-state index contributed by atoms with van der Waals surface area (Å²) in [6, 6.07) is 31.2. The Balaban J connectivity index is 1.36. The van der Waals surface area contributed by atoms with Crippen molar-refractivity contribution in [2.24, 2.45) is 5.41 Å². The molecule has 0 radical (unpaired) electrons. The molecule has 1 heterocycles. The monoisotopic (exact) mass is 791 g/mol. The van der Waals surface area contributed by atoms with Crippen molar-refractivity contribution in [3.8, 4) is 51.5 Å². The summed E-state index contributed by atoms with van der Waals surface area (Å²) in [6.45, 7) is 17.7. The summed E-state index contributed by atoms with van der Waals surface area (Å²) in [5.74, 6) is 4.99. The highest BCUT2D eigenvalue weighted by atomic mass is 16.5. The summed E-state index contributed by atoms with van der Waals surface area (Å²) in [7, 11) is 0. The number of aliphatic hydroxyl groups excluding tert-OH is 1. The van der Waals surface area contributed by atoms with Crippen molar-refractivity contribution in [2.45, 2.75) is 100 Å². The molecule has 0 unspecified atom stereocenters. The highest BCUT2D eigenvalue weighted by Gasteiger charge is 2.25. The molecule has 0 aliphatic rings. The van der Waals surface area contributed by atoms with Crippen LogP contribution in [0.2, 0.25) is 0 Å². The second-order valence-electron chi connectivity index (χ2n) is 15.4. The molecule has 0 fully saturated rings. The minimum Gasteiger partial charge on any atom is -0.493 e. The first-order valence-electron chi connectivity index (χ1n) is 20.6. The molecule has 1 aromatic heterocycles. The van der Waals surface area contributed by atoms with Gasteiger partial charge in [-0.25, -0.2) is 0 Å². The first-order valence-corrected chi connectivity index (χ1v) is 20.6. The Morgan fingerprint density at radius 1 is 0.466 bits per heavy atom. The van der Waals surface area contributed by atoms with Crippen LogP contribution in [0.5, 0.6) is 40.2 Å². The molecule has 58 heavy (non-hydrogen) atoms. The molecule has 9 heteroatoms. The Morgan fingerprint density at radius 2 is 0.828 bits per heavy atom. The van der Waals surface area contributed by atoms with Crippen LogP contribution in [0.15, 0.2) is 97.1 Å². The third-order valence-electron chi connectivity index (χ3n) is 8.95. The second kappa shape index (κ2) is 21.9. The summed E-state index contributed by atoms with van der Waals surface area (Å²) in [5, 5.41) is 10.8. The van der Waals surface area contributed by atoms with Gasteiger partial charge in [-0.3, -0.25) is 4.98 Å². The van der Waals surface area contributed by atoms with E-state index in [1.807, 2.05) is 118 Å². The van der Waals surface area contributed by atoms with E-state index in [1.54, 1.807) is 0 Å². The Hall–Kier alpha value is -5.41. The number of benzene rings is 4. The van der Waals surface area contributed by atoms with Gasteiger partial charge in [-0.1, -0.05) is 54.5 Å². The third kappa shape index (κ3) is 13.6. The van der Waals surface area contributed by atoms with Crippen LogP contribution in [-0.2, 0) is 19.8 Å². The van der Waals surface area contributed by atoms with Crippen LogP contribution in [0.4, 0.5) is 0 Å². The fourth-order valence-corrected chi connectivity index (χ4v) is 5.95. The first-order chi connectivity index (χ1) is 28.1.